The third kappa shape index (κ3) is 3.90. The summed E-state index contributed by atoms with van der Waals surface area (Å²) < 4.78 is 12.7. The normalized spacial score (nSPS) is 12.7. The number of hydrogen-bond donors (Lipinski definition) is 0. The molecule has 4 aromatic heterocycles. The van der Waals surface area contributed by atoms with E-state index in [-0.39, 0.29) is 0 Å². The van der Waals surface area contributed by atoms with Crippen LogP contribution in [-0.4, -0.2) is 15.0 Å². The molecule has 0 radical (unpaired) electrons. The Bertz CT molecular complexity index is 2400. The molecule has 208 valence electrons. The largest absolute Gasteiger partial charge is 0.460 e. The van der Waals surface area contributed by atoms with Gasteiger partial charge in [0.25, 0.3) is 0 Å². The van der Waals surface area contributed by atoms with Gasteiger partial charge in [-0.3, -0.25) is 4.98 Å². The van der Waals surface area contributed by atoms with Crippen LogP contribution in [-0.2, 0) is 6.42 Å². The highest BCUT2D eigenvalue weighted by Crippen LogP contribution is 2.41. The molecule has 0 saturated carbocycles. The molecule has 1 aliphatic rings. The van der Waals surface area contributed by atoms with E-state index in [0.29, 0.717) is 5.82 Å². The Kier molecular flexibility index (Phi) is 5.56. The molecule has 0 spiro atoms. The minimum Gasteiger partial charge on any atom is -0.460 e. The zero-order chi connectivity index (χ0) is 29.0. The molecular formula is C39H25N3O2. The predicted octanol–water partition coefficient (Wildman–Crippen LogP) is 10.1. The van der Waals surface area contributed by atoms with E-state index in [4.69, 9.17) is 23.8 Å². The lowest BCUT2D eigenvalue weighted by Gasteiger charge is -2.13. The van der Waals surface area contributed by atoms with Gasteiger partial charge in [-0.15, -0.1) is 0 Å². The number of hydrogen-bond acceptors (Lipinski definition) is 5. The van der Waals surface area contributed by atoms with E-state index in [2.05, 4.69) is 54.6 Å². The zero-order valence-electron chi connectivity index (χ0n) is 23.7. The van der Waals surface area contributed by atoms with E-state index in [1.54, 1.807) is 0 Å². The first kappa shape index (κ1) is 24.8. The van der Waals surface area contributed by atoms with Gasteiger partial charge in [0.05, 0.1) is 17.1 Å². The molecule has 0 saturated heterocycles. The van der Waals surface area contributed by atoms with Gasteiger partial charge in [0.15, 0.2) is 5.82 Å². The molecule has 9 rings (SSSR count). The average Bonchev–Trinajstić information content (AvgIpc) is 3.67. The molecule has 4 heterocycles. The average molecular weight is 568 g/mol. The third-order valence-electron chi connectivity index (χ3n) is 8.43. The van der Waals surface area contributed by atoms with Gasteiger partial charge in [-0.25, -0.2) is 9.97 Å². The van der Waals surface area contributed by atoms with Crippen molar-refractivity contribution in [2.75, 3.05) is 0 Å². The molecule has 0 amide bonds. The molecule has 8 aromatic rings. The summed E-state index contributed by atoms with van der Waals surface area (Å²) in [5.74, 6) is 1.68. The fourth-order valence-electron chi connectivity index (χ4n) is 6.41. The number of aryl methyl sites for hydroxylation is 1. The second kappa shape index (κ2) is 9.89. The van der Waals surface area contributed by atoms with Crippen molar-refractivity contribution in [3.05, 3.63) is 133 Å². The van der Waals surface area contributed by atoms with Crippen LogP contribution in [0.2, 0.25) is 0 Å². The SMILES string of the molecule is C1=Cc2c(oc3c(-c4ncccc4-c4cc(-c5cccc6oc7ccccc7c56)nc(-c5ccccc5)n4)cccc23)CC1. The number of aromatic nitrogens is 3. The van der Waals surface area contributed by atoms with E-state index in [1.165, 1.54) is 5.56 Å². The molecule has 0 unspecified atom stereocenters. The van der Waals surface area contributed by atoms with Crippen molar-refractivity contribution in [3.63, 3.8) is 0 Å². The summed E-state index contributed by atoms with van der Waals surface area (Å²) in [5, 5.41) is 3.21. The smallest absolute Gasteiger partial charge is 0.160 e. The van der Waals surface area contributed by atoms with Crippen LogP contribution in [0.3, 0.4) is 0 Å². The lowest BCUT2D eigenvalue weighted by Crippen LogP contribution is -1.98. The van der Waals surface area contributed by atoms with Gasteiger partial charge >= 0.3 is 0 Å². The Labute approximate surface area is 253 Å². The van der Waals surface area contributed by atoms with Crippen molar-refractivity contribution >= 4 is 39.0 Å². The topological polar surface area (TPSA) is 65.0 Å². The van der Waals surface area contributed by atoms with Gasteiger partial charge in [0, 0.05) is 56.6 Å². The summed E-state index contributed by atoms with van der Waals surface area (Å²) in [6.07, 6.45) is 8.11. The van der Waals surface area contributed by atoms with Crippen LogP contribution in [0, 0.1) is 0 Å². The van der Waals surface area contributed by atoms with Gasteiger partial charge in [0.1, 0.15) is 22.5 Å². The van der Waals surface area contributed by atoms with Crippen molar-refractivity contribution in [3.8, 4) is 45.2 Å². The quantitative estimate of drug-likeness (QED) is 0.212. The van der Waals surface area contributed by atoms with Gasteiger partial charge in [-0.05, 0) is 42.8 Å². The van der Waals surface area contributed by atoms with Crippen LogP contribution < -0.4 is 0 Å². The number of fused-ring (bicyclic) bond motifs is 6. The Morgan fingerprint density at radius 3 is 2.30 bits per heavy atom. The van der Waals surface area contributed by atoms with Crippen LogP contribution in [0.1, 0.15) is 17.7 Å². The molecule has 0 bridgehead atoms. The fraction of sp³-hybridized carbons (Fsp3) is 0.0513. The van der Waals surface area contributed by atoms with E-state index < -0.39 is 0 Å². The minimum absolute atomic E-state index is 0.648. The van der Waals surface area contributed by atoms with E-state index >= 15 is 0 Å². The highest BCUT2D eigenvalue weighted by molar-refractivity contribution is 6.12. The summed E-state index contributed by atoms with van der Waals surface area (Å²) in [6, 6.07) is 36.8. The first-order chi connectivity index (χ1) is 21.8. The molecule has 4 aromatic carbocycles. The first-order valence-corrected chi connectivity index (χ1v) is 14.8. The standard InChI is InChI=1S/C39H25N3O2/c1-2-11-24(12-3-1)39-41-31(27-16-9-21-35-36(27)29-14-5-7-20-34(29)43-35)23-32(42-39)28-18-10-22-40-37(28)30-17-8-15-26-25-13-4-6-19-33(25)44-38(26)30/h1-5,7-18,20-23H,6,19H2. The second-order valence-electron chi connectivity index (χ2n) is 11.1. The maximum absolute atomic E-state index is 6.50. The highest BCUT2D eigenvalue weighted by atomic mass is 16.3. The highest BCUT2D eigenvalue weighted by Gasteiger charge is 2.22. The summed E-state index contributed by atoms with van der Waals surface area (Å²) >= 11 is 0. The summed E-state index contributed by atoms with van der Waals surface area (Å²) in [6.45, 7) is 0. The predicted molar refractivity (Wildman–Crippen MR) is 176 cm³/mol. The van der Waals surface area contributed by atoms with Crippen LogP contribution in [0.25, 0.3) is 84.1 Å². The van der Waals surface area contributed by atoms with Crippen molar-refractivity contribution < 1.29 is 8.83 Å². The molecule has 0 aliphatic heterocycles. The van der Waals surface area contributed by atoms with Crippen LogP contribution in [0.4, 0.5) is 0 Å². The number of rotatable bonds is 4. The van der Waals surface area contributed by atoms with Crippen molar-refractivity contribution in [1.29, 1.82) is 0 Å². The molecule has 0 N–H and O–H groups in total. The maximum Gasteiger partial charge on any atom is 0.160 e. The van der Waals surface area contributed by atoms with Gasteiger partial charge in [0.2, 0.25) is 0 Å². The van der Waals surface area contributed by atoms with Crippen molar-refractivity contribution in [2.24, 2.45) is 0 Å². The van der Waals surface area contributed by atoms with E-state index in [0.717, 1.165) is 90.8 Å². The molecule has 44 heavy (non-hydrogen) atoms. The molecule has 5 nitrogen and oxygen atoms in total. The number of benzene rings is 4. The molecular weight excluding hydrogens is 542 g/mol. The van der Waals surface area contributed by atoms with Crippen LogP contribution in [0.15, 0.2) is 130 Å². The Morgan fingerprint density at radius 1 is 0.614 bits per heavy atom. The summed E-state index contributed by atoms with van der Waals surface area (Å²) in [4.78, 5) is 15.2. The molecule has 0 atom stereocenters. The fourth-order valence-corrected chi connectivity index (χ4v) is 6.41. The van der Waals surface area contributed by atoms with Gasteiger partial charge in [-0.2, -0.15) is 0 Å². The van der Waals surface area contributed by atoms with Crippen molar-refractivity contribution in [2.45, 2.75) is 12.8 Å². The number of allylic oxidation sites excluding steroid dienone is 1. The Balaban J connectivity index is 1.30. The Morgan fingerprint density at radius 2 is 1.36 bits per heavy atom. The van der Waals surface area contributed by atoms with Gasteiger partial charge < -0.3 is 8.83 Å². The molecule has 5 heteroatoms. The van der Waals surface area contributed by atoms with Gasteiger partial charge in [-0.1, -0.05) is 84.9 Å². The number of para-hydroxylation sites is 2. The summed E-state index contributed by atoms with van der Waals surface area (Å²) in [7, 11) is 0. The lowest BCUT2D eigenvalue weighted by atomic mass is 9.97. The molecule has 1 aliphatic carbocycles. The summed E-state index contributed by atoms with van der Waals surface area (Å²) in [5.41, 5.74) is 9.93. The Hall–Kier alpha value is -5.81. The van der Waals surface area contributed by atoms with E-state index in [9.17, 15) is 0 Å². The zero-order valence-corrected chi connectivity index (χ0v) is 23.7. The number of furan rings is 2. The third-order valence-corrected chi connectivity index (χ3v) is 8.43. The number of nitrogens with zero attached hydrogens (tertiary/aromatic N) is 3. The number of pyridine rings is 1. The first-order valence-electron chi connectivity index (χ1n) is 14.8. The van der Waals surface area contributed by atoms with E-state index in [1.807, 2.05) is 72.9 Å². The second-order valence-corrected chi connectivity index (χ2v) is 11.1. The lowest BCUT2D eigenvalue weighted by molar-refractivity contribution is 0.547. The van der Waals surface area contributed by atoms with Crippen LogP contribution >= 0.6 is 0 Å². The van der Waals surface area contributed by atoms with Crippen molar-refractivity contribution in [1.82, 2.24) is 15.0 Å². The molecule has 0 fully saturated rings. The minimum atomic E-state index is 0.648. The maximum atomic E-state index is 6.50. The monoisotopic (exact) mass is 567 g/mol. The van der Waals surface area contributed by atoms with Crippen LogP contribution in [0.5, 0.6) is 0 Å².